The molecule has 0 aromatic carbocycles. The maximum atomic E-state index is 11.7. The van der Waals surface area contributed by atoms with Gasteiger partial charge in [0.2, 0.25) is 0 Å². The number of rotatable bonds is 2. The Balaban J connectivity index is 1.62. The molecule has 2 amide bonds. The fourth-order valence-electron chi connectivity index (χ4n) is 2.50. The second kappa shape index (κ2) is 3.12. The third kappa shape index (κ3) is 1.21. The summed E-state index contributed by atoms with van der Waals surface area (Å²) < 4.78 is 0. The van der Waals surface area contributed by atoms with Crippen molar-refractivity contribution in [2.24, 2.45) is 5.92 Å². The van der Waals surface area contributed by atoms with Gasteiger partial charge in [-0.3, -0.25) is 0 Å². The maximum absolute atomic E-state index is 11.7. The first-order valence-electron chi connectivity index (χ1n) is 5.62. The van der Waals surface area contributed by atoms with Crippen LogP contribution < -0.4 is 10.6 Å². The zero-order valence-electron chi connectivity index (χ0n) is 8.33. The van der Waals surface area contributed by atoms with E-state index in [2.05, 4.69) is 10.6 Å². The van der Waals surface area contributed by atoms with E-state index in [4.69, 9.17) is 0 Å². The fourth-order valence-corrected chi connectivity index (χ4v) is 2.50. The molecule has 1 aliphatic carbocycles. The SMILES string of the molecule is O=C1NC(C2CCC2)CN1C1CNC1. The molecule has 0 radical (unpaired) electrons. The Kier molecular flexibility index (Phi) is 1.90. The van der Waals surface area contributed by atoms with Crippen LogP contribution in [0.1, 0.15) is 19.3 Å². The zero-order chi connectivity index (χ0) is 9.54. The van der Waals surface area contributed by atoms with Crippen LogP contribution in [-0.2, 0) is 0 Å². The Morgan fingerprint density at radius 3 is 2.57 bits per heavy atom. The van der Waals surface area contributed by atoms with E-state index in [1.807, 2.05) is 4.90 Å². The molecule has 2 heterocycles. The maximum Gasteiger partial charge on any atom is 0.318 e. The lowest BCUT2D eigenvalue weighted by molar-refractivity contribution is 0.167. The average molecular weight is 195 g/mol. The molecule has 3 fully saturated rings. The topological polar surface area (TPSA) is 44.4 Å². The molecule has 1 saturated carbocycles. The summed E-state index contributed by atoms with van der Waals surface area (Å²) in [7, 11) is 0. The molecule has 1 atom stereocenters. The lowest BCUT2D eigenvalue weighted by Gasteiger charge is -2.35. The third-order valence-electron chi connectivity index (χ3n) is 3.88. The van der Waals surface area contributed by atoms with Crippen molar-refractivity contribution >= 4 is 6.03 Å². The van der Waals surface area contributed by atoms with Crippen molar-refractivity contribution in [1.29, 1.82) is 0 Å². The largest absolute Gasteiger partial charge is 0.333 e. The van der Waals surface area contributed by atoms with E-state index >= 15 is 0 Å². The number of nitrogens with zero attached hydrogens (tertiary/aromatic N) is 1. The molecule has 78 valence electrons. The van der Waals surface area contributed by atoms with Gasteiger partial charge in [0.25, 0.3) is 0 Å². The van der Waals surface area contributed by atoms with Gasteiger partial charge in [0.1, 0.15) is 0 Å². The van der Waals surface area contributed by atoms with Gasteiger partial charge in [-0.2, -0.15) is 0 Å². The van der Waals surface area contributed by atoms with Crippen molar-refractivity contribution in [2.45, 2.75) is 31.3 Å². The lowest BCUT2D eigenvalue weighted by atomic mass is 9.80. The van der Waals surface area contributed by atoms with Gasteiger partial charge in [-0.15, -0.1) is 0 Å². The fraction of sp³-hybridized carbons (Fsp3) is 0.900. The monoisotopic (exact) mass is 195 g/mol. The summed E-state index contributed by atoms with van der Waals surface area (Å²) in [6, 6.07) is 1.06. The molecular formula is C10H17N3O. The van der Waals surface area contributed by atoms with Gasteiger partial charge in [0, 0.05) is 19.6 Å². The molecular weight excluding hydrogens is 178 g/mol. The number of hydrogen-bond donors (Lipinski definition) is 2. The second-order valence-electron chi connectivity index (χ2n) is 4.71. The van der Waals surface area contributed by atoms with E-state index < -0.39 is 0 Å². The summed E-state index contributed by atoms with van der Waals surface area (Å²) in [4.78, 5) is 13.7. The highest BCUT2D eigenvalue weighted by atomic mass is 16.2. The number of carbonyl (C=O) groups is 1. The molecule has 0 aromatic heterocycles. The molecule has 0 bridgehead atoms. The standard InChI is InChI=1S/C10H17N3O/c14-10-12-9(7-2-1-3-7)6-13(10)8-4-11-5-8/h7-9,11H,1-6H2,(H,12,14). The smallest absolute Gasteiger partial charge is 0.318 e. The minimum Gasteiger partial charge on any atom is -0.333 e. The van der Waals surface area contributed by atoms with Crippen LogP contribution in [0.4, 0.5) is 4.79 Å². The van der Waals surface area contributed by atoms with Gasteiger partial charge in [-0.05, 0) is 18.8 Å². The quantitative estimate of drug-likeness (QED) is 0.659. The van der Waals surface area contributed by atoms with Crippen LogP contribution in [0, 0.1) is 5.92 Å². The van der Waals surface area contributed by atoms with Crippen molar-refractivity contribution in [3.63, 3.8) is 0 Å². The Labute approximate surface area is 84.0 Å². The van der Waals surface area contributed by atoms with Crippen molar-refractivity contribution in [3.05, 3.63) is 0 Å². The van der Waals surface area contributed by atoms with Crippen LogP contribution >= 0.6 is 0 Å². The van der Waals surface area contributed by atoms with Crippen LogP contribution in [0.25, 0.3) is 0 Å². The third-order valence-corrected chi connectivity index (χ3v) is 3.88. The van der Waals surface area contributed by atoms with Crippen LogP contribution in [-0.4, -0.2) is 42.6 Å². The zero-order valence-corrected chi connectivity index (χ0v) is 8.33. The summed E-state index contributed by atoms with van der Waals surface area (Å²) in [6.07, 6.45) is 3.96. The summed E-state index contributed by atoms with van der Waals surface area (Å²) in [5.41, 5.74) is 0. The van der Waals surface area contributed by atoms with Crippen LogP contribution in [0.5, 0.6) is 0 Å². The normalized spacial score (nSPS) is 33.9. The number of amides is 2. The first kappa shape index (κ1) is 8.53. The molecule has 3 aliphatic rings. The van der Waals surface area contributed by atoms with Crippen molar-refractivity contribution < 1.29 is 4.79 Å². The number of carbonyl (C=O) groups excluding carboxylic acids is 1. The Morgan fingerprint density at radius 1 is 1.29 bits per heavy atom. The molecule has 0 aromatic rings. The molecule has 2 aliphatic heterocycles. The summed E-state index contributed by atoms with van der Waals surface area (Å²) >= 11 is 0. The average Bonchev–Trinajstić information content (AvgIpc) is 2.25. The van der Waals surface area contributed by atoms with E-state index in [1.165, 1.54) is 19.3 Å². The molecule has 2 N–H and O–H groups in total. The van der Waals surface area contributed by atoms with Gasteiger partial charge < -0.3 is 15.5 Å². The minimum atomic E-state index is 0.161. The minimum absolute atomic E-state index is 0.161. The Bertz CT molecular complexity index is 248. The Hall–Kier alpha value is -0.770. The van der Waals surface area contributed by atoms with Gasteiger partial charge >= 0.3 is 6.03 Å². The van der Waals surface area contributed by atoms with E-state index in [0.29, 0.717) is 12.1 Å². The highest BCUT2D eigenvalue weighted by molar-refractivity contribution is 5.77. The van der Waals surface area contributed by atoms with Crippen LogP contribution in [0.3, 0.4) is 0 Å². The molecule has 14 heavy (non-hydrogen) atoms. The van der Waals surface area contributed by atoms with E-state index in [1.54, 1.807) is 0 Å². The lowest BCUT2D eigenvalue weighted by Crippen LogP contribution is -2.58. The van der Waals surface area contributed by atoms with Crippen molar-refractivity contribution in [2.75, 3.05) is 19.6 Å². The summed E-state index contributed by atoms with van der Waals surface area (Å²) in [5.74, 6) is 0.761. The van der Waals surface area contributed by atoms with E-state index in [9.17, 15) is 4.79 Å². The predicted octanol–water partition coefficient (Wildman–Crippen LogP) is 0.152. The second-order valence-corrected chi connectivity index (χ2v) is 4.71. The highest BCUT2D eigenvalue weighted by Crippen LogP contribution is 2.32. The Morgan fingerprint density at radius 2 is 2.07 bits per heavy atom. The van der Waals surface area contributed by atoms with Gasteiger partial charge in [0.15, 0.2) is 0 Å². The molecule has 4 nitrogen and oxygen atoms in total. The molecule has 0 spiro atoms. The summed E-state index contributed by atoms with van der Waals surface area (Å²) in [5, 5.41) is 6.32. The first-order chi connectivity index (χ1) is 6.84. The van der Waals surface area contributed by atoms with E-state index in [-0.39, 0.29) is 6.03 Å². The molecule has 2 saturated heterocycles. The van der Waals surface area contributed by atoms with Crippen LogP contribution in [0.2, 0.25) is 0 Å². The van der Waals surface area contributed by atoms with Gasteiger partial charge in [-0.1, -0.05) is 6.42 Å². The number of nitrogens with one attached hydrogen (secondary N) is 2. The first-order valence-corrected chi connectivity index (χ1v) is 5.62. The van der Waals surface area contributed by atoms with Gasteiger partial charge in [0.05, 0.1) is 12.1 Å². The molecule has 1 unspecified atom stereocenters. The predicted molar refractivity (Wildman–Crippen MR) is 53.0 cm³/mol. The van der Waals surface area contributed by atoms with Gasteiger partial charge in [-0.25, -0.2) is 4.79 Å². The number of urea groups is 1. The van der Waals surface area contributed by atoms with E-state index in [0.717, 1.165) is 25.6 Å². The molecule has 4 heteroatoms. The highest BCUT2D eigenvalue weighted by Gasteiger charge is 2.40. The summed E-state index contributed by atoms with van der Waals surface area (Å²) in [6.45, 7) is 2.89. The van der Waals surface area contributed by atoms with Crippen LogP contribution in [0.15, 0.2) is 0 Å². The van der Waals surface area contributed by atoms with Crippen molar-refractivity contribution in [3.8, 4) is 0 Å². The van der Waals surface area contributed by atoms with Crippen molar-refractivity contribution in [1.82, 2.24) is 15.5 Å². The number of hydrogen-bond acceptors (Lipinski definition) is 2. The molecule has 3 rings (SSSR count).